The SMILES string of the molecule is O=[N+]([O-])CCCc1ccc(NCC2CC2)cc1C(F)(F)F. The van der Waals surface area contributed by atoms with Gasteiger partial charge in [-0.1, -0.05) is 6.07 Å². The molecular formula is C14H17F3N2O2. The van der Waals surface area contributed by atoms with Crippen LogP contribution in [0, 0.1) is 16.0 Å². The van der Waals surface area contributed by atoms with E-state index in [-0.39, 0.29) is 24.9 Å². The summed E-state index contributed by atoms with van der Waals surface area (Å²) in [6.07, 6.45) is -2.04. The van der Waals surface area contributed by atoms with Gasteiger partial charge in [-0.2, -0.15) is 13.2 Å². The maximum absolute atomic E-state index is 13.1. The van der Waals surface area contributed by atoms with E-state index in [0.29, 0.717) is 18.2 Å². The minimum Gasteiger partial charge on any atom is -0.385 e. The van der Waals surface area contributed by atoms with Crippen molar-refractivity contribution in [1.29, 1.82) is 0 Å². The molecule has 1 aromatic rings. The molecule has 1 saturated carbocycles. The second kappa shape index (κ2) is 6.32. The number of aryl methyl sites for hydroxylation is 1. The summed E-state index contributed by atoms with van der Waals surface area (Å²) in [6.45, 7) is 0.372. The molecule has 0 heterocycles. The Labute approximate surface area is 120 Å². The highest BCUT2D eigenvalue weighted by atomic mass is 19.4. The van der Waals surface area contributed by atoms with E-state index in [1.807, 2.05) is 0 Å². The van der Waals surface area contributed by atoms with E-state index in [1.165, 1.54) is 6.07 Å². The molecule has 1 aliphatic rings. The van der Waals surface area contributed by atoms with Crippen LogP contribution in [0.2, 0.25) is 0 Å². The van der Waals surface area contributed by atoms with Crippen molar-refractivity contribution < 1.29 is 18.1 Å². The van der Waals surface area contributed by atoms with E-state index >= 15 is 0 Å². The van der Waals surface area contributed by atoms with Gasteiger partial charge in [0, 0.05) is 23.6 Å². The molecule has 0 saturated heterocycles. The Kier molecular flexibility index (Phi) is 4.69. The number of hydrogen-bond donors (Lipinski definition) is 1. The molecule has 0 spiro atoms. The van der Waals surface area contributed by atoms with Crippen molar-refractivity contribution in [2.45, 2.75) is 31.9 Å². The number of hydrogen-bond acceptors (Lipinski definition) is 3. The van der Waals surface area contributed by atoms with E-state index in [1.54, 1.807) is 6.07 Å². The Hall–Kier alpha value is -1.79. The minimum atomic E-state index is -4.44. The molecule has 0 aromatic heterocycles. The first kappa shape index (κ1) is 15.6. The molecule has 0 amide bonds. The third-order valence-corrected chi connectivity index (χ3v) is 3.49. The summed E-state index contributed by atoms with van der Waals surface area (Å²) in [6, 6.07) is 4.13. The summed E-state index contributed by atoms with van der Waals surface area (Å²) in [4.78, 5) is 9.74. The van der Waals surface area contributed by atoms with Crippen LogP contribution in [0.25, 0.3) is 0 Å². The fourth-order valence-corrected chi connectivity index (χ4v) is 2.15. The summed E-state index contributed by atoms with van der Waals surface area (Å²) in [5.41, 5.74) is -0.139. The highest BCUT2D eigenvalue weighted by Gasteiger charge is 2.33. The number of nitrogens with zero attached hydrogens (tertiary/aromatic N) is 1. The van der Waals surface area contributed by atoms with Gasteiger partial charge in [-0.05, 0) is 42.9 Å². The van der Waals surface area contributed by atoms with Gasteiger partial charge < -0.3 is 5.32 Å². The number of nitro groups is 1. The molecule has 0 aliphatic heterocycles. The fraction of sp³-hybridized carbons (Fsp3) is 0.571. The molecule has 1 N–H and O–H groups in total. The van der Waals surface area contributed by atoms with Crippen LogP contribution >= 0.6 is 0 Å². The van der Waals surface area contributed by atoms with Gasteiger partial charge in [-0.25, -0.2) is 0 Å². The maximum Gasteiger partial charge on any atom is 0.416 e. The lowest BCUT2D eigenvalue weighted by Crippen LogP contribution is -2.12. The molecule has 4 nitrogen and oxygen atoms in total. The topological polar surface area (TPSA) is 55.2 Å². The number of anilines is 1. The Bertz CT molecular complexity index is 513. The first-order valence-corrected chi connectivity index (χ1v) is 6.92. The van der Waals surface area contributed by atoms with Crippen LogP contribution in [-0.4, -0.2) is 18.0 Å². The van der Waals surface area contributed by atoms with Gasteiger partial charge >= 0.3 is 6.18 Å². The summed E-state index contributed by atoms with van der Waals surface area (Å²) < 4.78 is 39.2. The van der Waals surface area contributed by atoms with Gasteiger partial charge in [0.1, 0.15) is 0 Å². The first-order valence-electron chi connectivity index (χ1n) is 6.92. The zero-order valence-electron chi connectivity index (χ0n) is 11.4. The Balaban J connectivity index is 2.08. The van der Waals surface area contributed by atoms with Gasteiger partial charge in [0.15, 0.2) is 0 Å². The summed E-state index contributed by atoms with van der Waals surface area (Å²) in [5, 5.41) is 13.3. The third kappa shape index (κ3) is 4.91. The van der Waals surface area contributed by atoms with E-state index in [2.05, 4.69) is 5.32 Å². The van der Waals surface area contributed by atoms with Crippen molar-refractivity contribution in [3.05, 3.63) is 39.4 Å². The Morgan fingerprint density at radius 3 is 2.62 bits per heavy atom. The quantitative estimate of drug-likeness (QED) is 0.616. The molecule has 0 radical (unpaired) electrons. The highest BCUT2D eigenvalue weighted by Crippen LogP contribution is 2.35. The van der Waals surface area contributed by atoms with Crippen molar-refractivity contribution in [2.75, 3.05) is 18.4 Å². The van der Waals surface area contributed by atoms with Crippen LogP contribution in [0.3, 0.4) is 0 Å². The molecule has 2 rings (SSSR count). The fourth-order valence-electron chi connectivity index (χ4n) is 2.15. The van der Waals surface area contributed by atoms with Crippen LogP contribution in [0.15, 0.2) is 18.2 Å². The zero-order chi connectivity index (χ0) is 15.5. The molecule has 116 valence electrons. The number of rotatable bonds is 7. The van der Waals surface area contributed by atoms with Crippen LogP contribution in [0.4, 0.5) is 18.9 Å². The third-order valence-electron chi connectivity index (χ3n) is 3.49. The lowest BCUT2D eigenvalue weighted by atomic mass is 10.0. The van der Waals surface area contributed by atoms with Crippen molar-refractivity contribution in [1.82, 2.24) is 0 Å². The summed E-state index contributed by atoms with van der Waals surface area (Å²) in [7, 11) is 0. The van der Waals surface area contributed by atoms with Gasteiger partial charge in [0.05, 0.1) is 5.56 Å². The standard InChI is InChI=1S/C14H17F3N2O2/c15-14(16,17)13-8-12(18-9-10-3-4-10)6-5-11(13)2-1-7-19(20)21/h5-6,8,10,18H,1-4,7,9H2. The number of alkyl halides is 3. The lowest BCUT2D eigenvalue weighted by Gasteiger charge is -2.15. The monoisotopic (exact) mass is 302 g/mol. The van der Waals surface area contributed by atoms with Gasteiger partial charge in [-0.3, -0.25) is 10.1 Å². The summed E-state index contributed by atoms with van der Waals surface area (Å²) in [5.74, 6) is 0.569. The average molecular weight is 302 g/mol. The maximum atomic E-state index is 13.1. The molecule has 1 aromatic carbocycles. The number of halogens is 3. The van der Waals surface area contributed by atoms with Crippen molar-refractivity contribution >= 4 is 5.69 Å². The molecule has 1 aliphatic carbocycles. The van der Waals surface area contributed by atoms with Crippen molar-refractivity contribution in [3.8, 4) is 0 Å². The predicted molar refractivity (Wildman–Crippen MR) is 72.8 cm³/mol. The van der Waals surface area contributed by atoms with E-state index in [0.717, 1.165) is 18.9 Å². The van der Waals surface area contributed by atoms with Gasteiger partial charge in [0.2, 0.25) is 6.54 Å². The van der Waals surface area contributed by atoms with Gasteiger partial charge in [0.25, 0.3) is 0 Å². The molecule has 7 heteroatoms. The Morgan fingerprint density at radius 2 is 2.05 bits per heavy atom. The second-order valence-electron chi connectivity index (χ2n) is 5.35. The van der Waals surface area contributed by atoms with Crippen LogP contribution < -0.4 is 5.32 Å². The molecule has 0 unspecified atom stereocenters. The molecule has 21 heavy (non-hydrogen) atoms. The summed E-state index contributed by atoms with van der Waals surface area (Å²) >= 11 is 0. The average Bonchev–Trinajstić information content (AvgIpc) is 3.19. The van der Waals surface area contributed by atoms with E-state index in [4.69, 9.17) is 0 Å². The van der Waals surface area contributed by atoms with Crippen LogP contribution in [0.5, 0.6) is 0 Å². The second-order valence-corrected chi connectivity index (χ2v) is 5.35. The normalized spacial score (nSPS) is 15.0. The molecule has 0 atom stereocenters. The van der Waals surface area contributed by atoms with Crippen molar-refractivity contribution in [3.63, 3.8) is 0 Å². The van der Waals surface area contributed by atoms with E-state index in [9.17, 15) is 23.3 Å². The number of benzene rings is 1. The largest absolute Gasteiger partial charge is 0.416 e. The van der Waals surface area contributed by atoms with E-state index < -0.39 is 16.7 Å². The zero-order valence-corrected chi connectivity index (χ0v) is 11.4. The van der Waals surface area contributed by atoms with Crippen LogP contribution in [-0.2, 0) is 12.6 Å². The highest BCUT2D eigenvalue weighted by molar-refractivity contribution is 5.50. The molecule has 0 bridgehead atoms. The molecular weight excluding hydrogens is 285 g/mol. The van der Waals surface area contributed by atoms with Crippen LogP contribution in [0.1, 0.15) is 30.4 Å². The minimum absolute atomic E-state index is 0.0543. The number of nitrogens with one attached hydrogen (secondary N) is 1. The first-order chi connectivity index (χ1) is 9.86. The smallest absolute Gasteiger partial charge is 0.385 e. The lowest BCUT2D eigenvalue weighted by molar-refractivity contribution is -0.480. The Morgan fingerprint density at radius 1 is 1.33 bits per heavy atom. The molecule has 1 fully saturated rings. The van der Waals surface area contributed by atoms with Gasteiger partial charge in [-0.15, -0.1) is 0 Å². The predicted octanol–water partition coefficient (Wildman–Crippen LogP) is 3.74. The van der Waals surface area contributed by atoms with Crippen molar-refractivity contribution in [2.24, 2.45) is 5.92 Å².